The number of nitrogens with two attached hydrogens (primary N) is 1. The molecule has 0 atom stereocenters. The summed E-state index contributed by atoms with van der Waals surface area (Å²) in [6.07, 6.45) is 0. The number of methoxy groups -OCH3 is 1. The van der Waals surface area contributed by atoms with Gasteiger partial charge in [0.15, 0.2) is 0 Å². The Bertz CT molecular complexity index is 453. The second kappa shape index (κ2) is 5.29. The van der Waals surface area contributed by atoms with Crippen molar-refractivity contribution in [1.29, 1.82) is 0 Å². The Labute approximate surface area is 109 Å². The number of ether oxygens (including phenoxy) is 1. The number of benzene rings is 1. The van der Waals surface area contributed by atoms with E-state index in [9.17, 15) is 4.79 Å². The molecule has 2 amide bonds. The fourth-order valence-electron chi connectivity index (χ4n) is 2.13. The number of hydrogen-bond acceptors (Lipinski definition) is 2. The van der Waals surface area contributed by atoms with Gasteiger partial charge in [-0.15, -0.1) is 0 Å². The molecule has 0 fully saturated rings. The third-order valence-corrected chi connectivity index (χ3v) is 3.06. The average Bonchev–Trinajstić information content (AvgIpc) is 2.25. The maximum Gasteiger partial charge on any atom is 0.312 e. The quantitative estimate of drug-likeness (QED) is 0.861. The van der Waals surface area contributed by atoms with Gasteiger partial charge in [-0.2, -0.15) is 0 Å². The van der Waals surface area contributed by atoms with Crippen LogP contribution in [0.2, 0.25) is 0 Å². The minimum Gasteiger partial charge on any atom is -0.496 e. The van der Waals surface area contributed by atoms with Crippen molar-refractivity contribution >= 4 is 6.03 Å². The topological polar surface area (TPSA) is 64.3 Å². The maximum atomic E-state index is 10.8. The number of hydrogen-bond donors (Lipinski definition) is 2. The standard InChI is InChI=1S/C14H22N2O2/c1-9-6-10(2)12(18-5)11(7-9)14(3,4)8-16-13(15)17/h6-7H,8H2,1-5H3,(H3,15,16,17). The van der Waals surface area contributed by atoms with Crippen molar-refractivity contribution < 1.29 is 9.53 Å². The van der Waals surface area contributed by atoms with E-state index in [2.05, 4.69) is 31.3 Å². The number of rotatable bonds is 4. The molecule has 0 bridgehead atoms. The van der Waals surface area contributed by atoms with Gasteiger partial charge in [-0.25, -0.2) is 4.79 Å². The fraction of sp³-hybridized carbons (Fsp3) is 0.500. The molecule has 18 heavy (non-hydrogen) atoms. The smallest absolute Gasteiger partial charge is 0.312 e. The minimum atomic E-state index is -0.508. The van der Waals surface area contributed by atoms with Gasteiger partial charge < -0.3 is 15.8 Å². The first-order valence-electron chi connectivity index (χ1n) is 5.97. The van der Waals surface area contributed by atoms with E-state index >= 15 is 0 Å². The highest BCUT2D eigenvalue weighted by molar-refractivity contribution is 5.71. The highest BCUT2D eigenvalue weighted by Crippen LogP contribution is 2.34. The molecule has 3 N–H and O–H groups in total. The summed E-state index contributed by atoms with van der Waals surface area (Å²) in [5.41, 5.74) is 8.24. The number of primary amides is 1. The molecule has 0 aliphatic rings. The summed E-state index contributed by atoms with van der Waals surface area (Å²) >= 11 is 0. The molecule has 0 saturated carbocycles. The van der Waals surface area contributed by atoms with E-state index in [4.69, 9.17) is 10.5 Å². The van der Waals surface area contributed by atoms with Crippen LogP contribution in [0, 0.1) is 13.8 Å². The van der Waals surface area contributed by atoms with Crippen LogP contribution < -0.4 is 15.8 Å². The summed E-state index contributed by atoms with van der Waals surface area (Å²) in [5.74, 6) is 0.872. The van der Waals surface area contributed by atoms with E-state index in [0.29, 0.717) is 6.54 Å². The lowest BCUT2D eigenvalue weighted by Gasteiger charge is -2.28. The Balaban J connectivity index is 3.17. The molecule has 0 aliphatic heterocycles. The van der Waals surface area contributed by atoms with Crippen molar-refractivity contribution in [2.45, 2.75) is 33.1 Å². The van der Waals surface area contributed by atoms with Crippen LogP contribution in [-0.4, -0.2) is 19.7 Å². The molecule has 4 heteroatoms. The van der Waals surface area contributed by atoms with Crippen molar-refractivity contribution in [2.24, 2.45) is 5.73 Å². The molecule has 1 rings (SSSR count). The van der Waals surface area contributed by atoms with Crippen LogP contribution in [0.3, 0.4) is 0 Å². The summed E-state index contributed by atoms with van der Waals surface area (Å²) in [4.78, 5) is 10.8. The molecular formula is C14H22N2O2. The van der Waals surface area contributed by atoms with Crippen LogP contribution in [-0.2, 0) is 5.41 Å². The molecule has 0 spiro atoms. The van der Waals surface area contributed by atoms with Gasteiger partial charge >= 0.3 is 6.03 Å². The van der Waals surface area contributed by atoms with Crippen molar-refractivity contribution in [2.75, 3.05) is 13.7 Å². The first kappa shape index (κ1) is 14.4. The Kier molecular flexibility index (Phi) is 4.22. The van der Waals surface area contributed by atoms with Gasteiger partial charge in [0.25, 0.3) is 0 Å². The monoisotopic (exact) mass is 250 g/mol. The van der Waals surface area contributed by atoms with Gasteiger partial charge in [-0.05, 0) is 19.4 Å². The lowest BCUT2D eigenvalue weighted by atomic mass is 9.82. The Hall–Kier alpha value is -1.71. The molecule has 0 saturated heterocycles. The molecule has 1 aromatic carbocycles. The van der Waals surface area contributed by atoms with E-state index in [0.717, 1.165) is 16.9 Å². The zero-order valence-corrected chi connectivity index (χ0v) is 11.8. The maximum absolute atomic E-state index is 10.8. The summed E-state index contributed by atoms with van der Waals surface area (Å²) in [6, 6.07) is 3.67. The molecule has 4 nitrogen and oxygen atoms in total. The number of urea groups is 1. The summed E-state index contributed by atoms with van der Waals surface area (Å²) in [6.45, 7) is 8.65. The third kappa shape index (κ3) is 3.15. The van der Waals surface area contributed by atoms with Crippen molar-refractivity contribution in [3.63, 3.8) is 0 Å². The van der Waals surface area contributed by atoms with Gasteiger partial charge in [0.05, 0.1) is 7.11 Å². The zero-order valence-electron chi connectivity index (χ0n) is 11.8. The number of nitrogens with one attached hydrogen (secondary N) is 1. The highest BCUT2D eigenvalue weighted by Gasteiger charge is 2.26. The number of amides is 2. The van der Waals surface area contributed by atoms with Crippen molar-refractivity contribution in [1.82, 2.24) is 5.32 Å². The first-order chi connectivity index (χ1) is 8.27. The Morgan fingerprint density at radius 3 is 2.50 bits per heavy atom. The van der Waals surface area contributed by atoms with Crippen LogP contribution in [0.15, 0.2) is 12.1 Å². The van der Waals surface area contributed by atoms with Crippen molar-refractivity contribution in [3.8, 4) is 5.75 Å². The van der Waals surface area contributed by atoms with Crippen LogP contribution in [0.5, 0.6) is 5.75 Å². The molecule has 0 unspecified atom stereocenters. The van der Waals surface area contributed by atoms with E-state index < -0.39 is 6.03 Å². The van der Waals surface area contributed by atoms with Crippen molar-refractivity contribution in [3.05, 3.63) is 28.8 Å². The fourth-order valence-corrected chi connectivity index (χ4v) is 2.13. The van der Waals surface area contributed by atoms with E-state index in [1.165, 1.54) is 5.56 Å². The number of carbonyl (C=O) groups is 1. The van der Waals surface area contributed by atoms with Gasteiger partial charge in [0.1, 0.15) is 5.75 Å². The number of carbonyl (C=O) groups excluding carboxylic acids is 1. The predicted molar refractivity (Wildman–Crippen MR) is 73.1 cm³/mol. The Morgan fingerprint density at radius 2 is 2.00 bits per heavy atom. The Morgan fingerprint density at radius 1 is 1.39 bits per heavy atom. The van der Waals surface area contributed by atoms with Crippen LogP contribution in [0.4, 0.5) is 4.79 Å². The summed E-state index contributed by atoms with van der Waals surface area (Å²) in [7, 11) is 1.67. The normalized spacial score (nSPS) is 11.2. The van der Waals surface area contributed by atoms with Gasteiger partial charge in [0.2, 0.25) is 0 Å². The van der Waals surface area contributed by atoms with Gasteiger partial charge in [-0.3, -0.25) is 0 Å². The third-order valence-electron chi connectivity index (χ3n) is 3.06. The van der Waals surface area contributed by atoms with E-state index in [-0.39, 0.29) is 5.41 Å². The highest BCUT2D eigenvalue weighted by atomic mass is 16.5. The molecule has 0 heterocycles. The lowest BCUT2D eigenvalue weighted by Crippen LogP contribution is -2.39. The average molecular weight is 250 g/mol. The van der Waals surface area contributed by atoms with E-state index in [1.807, 2.05) is 13.8 Å². The number of aryl methyl sites for hydroxylation is 2. The second-order valence-corrected chi connectivity index (χ2v) is 5.26. The van der Waals surface area contributed by atoms with Crippen LogP contribution in [0.1, 0.15) is 30.5 Å². The lowest BCUT2D eigenvalue weighted by molar-refractivity contribution is 0.246. The first-order valence-corrected chi connectivity index (χ1v) is 5.97. The molecule has 0 radical (unpaired) electrons. The summed E-state index contributed by atoms with van der Waals surface area (Å²) in [5, 5.41) is 2.66. The van der Waals surface area contributed by atoms with E-state index in [1.54, 1.807) is 7.11 Å². The SMILES string of the molecule is COc1c(C)cc(C)cc1C(C)(C)CNC(N)=O. The van der Waals surface area contributed by atoms with Gasteiger partial charge in [0, 0.05) is 17.5 Å². The van der Waals surface area contributed by atoms with Crippen LogP contribution >= 0.6 is 0 Å². The molecular weight excluding hydrogens is 228 g/mol. The summed E-state index contributed by atoms with van der Waals surface area (Å²) < 4.78 is 5.48. The molecule has 0 aromatic heterocycles. The molecule has 0 aliphatic carbocycles. The van der Waals surface area contributed by atoms with Crippen LogP contribution in [0.25, 0.3) is 0 Å². The molecule has 100 valence electrons. The zero-order chi connectivity index (χ0) is 13.9. The predicted octanol–water partition coefficient (Wildman–Crippen LogP) is 2.26. The largest absolute Gasteiger partial charge is 0.496 e. The molecule has 1 aromatic rings. The minimum absolute atomic E-state index is 0.239. The second-order valence-electron chi connectivity index (χ2n) is 5.26. The van der Waals surface area contributed by atoms with Gasteiger partial charge in [-0.1, -0.05) is 31.5 Å².